The normalized spacial score (nSPS) is 11.8. The van der Waals surface area contributed by atoms with Gasteiger partial charge in [-0.1, -0.05) is 91.4 Å². The number of rotatable bonds is 5. The zero-order valence-corrected chi connectivity index (χ0v) is 21.5. The van der Waals surface area contributed by atoms with E-state index < -0.39 is 11.4 Å². The molecule has 186 valence electrons. The number of phenols is 2. The van der Waals surface area contributed by atoms with E-state index in [-0.39, 0.29) is 34.7 Å². The Morgan fingerprint density at radius 1 is 0.824 bits per heavy atom. The Bertz CT molecular complexity index is 974. The van der Waals surface area contributed by atoms with Gasteiger partial charge in [0.1, 0.15) is 11.5 Å². The molecule has 3 N–H and O–H groups in total. The number of benzene rings is 2. The first-order valence-corrected chi connectivity index (χ1v) is 11.1. The largest absolute Gasteiger partial charge is 0.507 e. The number of carbonyl (C=O) groups is 2. The fourth-order valence-electron chi connectivity index (χ4n) is 3.94. The molecule has 0 heterocycles. The Hall–Kier alpha value is -3.28. The second-order valence-corrected chi connectivity index (χ2v) is 10.6. The molecule has 0 atom stereocenters. The van der Waals surface area contributed by atoms with Gasteiger partial charge in [-0.05, 0) is 22.0 Å². The van der Waals surface area contributed by atoms with Crippen LogP contribution in [0.1, 0.15) is 84.1 Å². The molecule has 0 saturated heterocycles. The molecule has 2 aromatic carbocycles. The van der Waals surface area contributed by atoms with E-state index in [0.717, 1.165) is 17.4 Å². The number of aliphatic carboxylic acids is 1. The van der Waals surface area contributed by atoms with Crippen LogP contribution in [-0.4, -0.2) is 27.3 Å². The molecular weight excluding hydrogens is 432 g/mol. The number of ether oxygens (including phenoxy) is 1. The molecule has 0 bridgehead atoms. The van der Waals surface area contributed by atoms with Crippen LogP contribution in [0.5, 0.6) is 11.5 Å². The van der Waals surface area contributed by atoms with Crippen molar-refractivity contribution in [3.63, 3.8) is 0 Å². The first kappa shape index (κ1) is 28.8. The molecule has 2 rings (SSSR count). The van der Waals surface area contributed by atoms with Crippen molar-refractivity contribution in [2.24, 2.45) is 0 Å². The molecule has 0 fully saturated rings. The average Bonchev–Trinajstić information content (AvgIpc) is 2.66. The minimum Gasteiger partial charge on any atom is -0.507 e. The van der Waals surface area contributed by atoms with Crippen molar-refractivity contribution >= 4 is 11.9 Å². The number of carboxylic acids is 1. The maximum absolute atomic E-state index is 11.8. The van der Waals surface area contributed by atoms with Crippen molar-refractivity contribution in [3.8, 4) is 11.5 Å². The monoisotopic (exact) mass is 470 g/mol. The highest BCUT2D eigenvalue weighted by Crippen LogP contribution is 2.48. The third kappa shape index (κ3) is 6.86. The van der Waals surface area contributed by atoms with Crippen molar-refractivity contribution in [3.05, 3.63) is 71.5 Å². The van der Waals surface area contributed by atoms with Crippen LogP contribution in [0.25, 0.3) is 0 Å². The van der Waals surface area contributed by atoms with E-state index in [4.69, 9.17) is 0 Å². The number of carbonyl (C=O) groups excluding carboxylic acids is 1. The van der Waals surface area contributed by atoms with E-state index in [9.17, 15) is 24.9 Å². The van der Waals surface area contributed by atoms with Crippen LogP contribution in [0.2, 0.25) is 0 Å². The molecule has 6 heteroatoms. The van der Waals surface area contributed by atoms with Gasteiger partial charge in [0.2, 0.25) is 0 Å². The fourth-order valence-corrected chi connectivity index (χ4v) is 3.94. The number of aromatic hydroxyl groups is 2. The standard InChI is InChI=1S/C24H32O4.C4H6O2/c1-22(2,3)15-10-8-12-17(20(15)27)24(7,14-19(25)26)18-13-9-11-16(21(18)28)23(4,5)6;1-3-6-4(2)5/h8-13,27-28H,14H2,1-7H3,(H,25,26);3H,1H2,2H3. The van der Waals surface area contributed by atoms with E-state index in [0.29, 0.717) is 11.1 Å². The predicted molar refractivity (Wildman–Crippen MR) is 134 cm³/mol. The van der Waals surface area contributed by atoms with Crippen molar-refractivity contribution in [1.82, 2.24) is 0 Å². The minimum atomic E-state index is -1.09. The van der Waals surface area contributed by atoms with Gasteiger partial charge in [0, 0.05) is 23.5 Å². The molecule has 0 radical (unpaired) electrons. The van der Waals surface area contributed by atoms with Gasteiger partial charge < -0.3 is 20.1 Å². The zero-order valence-electron chi connectivity index (χ0n) is 21.5. The molecule has 6 nitrogen and oxygen atoms in total. The maximum atomic E-state index is 11.8. The highest BCUT2D eigenvalue weighted by Gasteiger charge is 2.39. The summed E-state index contributed by atoms with van der Waals surface area (Å²) in [5, 5.41) is 31.8. The lowest BCUT2D eigenvalue weighted by atomic mass is 9.70. The molecule has 0 saturated carbocycles. The Balaban J connectivity index is 0.000000852. The lowest BCUT2D eigenvalue weighted by Gasteiger charge is -2.34. The smallest absolute Gasteiger partial charge is 0.307 e. The lowest BCUT2D eigenvalue weighted by Crippen LogP contribution is -2.29. The van der Waals surface area contributed by atoms with Gasteiger partial charge in [-0.3, -0.25) is 9.59 Å². The molecule has 0 aliphatic carbocycles. The summed E-state index contributed by atoms with van der Waals surface area (Å²) in [5.41, 5.74) is 0.787. The quantitative estimate of drug-likeness (QED) is 0.357. The summed E-state index contributed by atoms with van der Waals surface area (Å²) in [6.45, 7) is 18.2. The summed E-state index contributed by atoms with van der Waals surface area (Å²) in [4.78, 5) is 21.5. The van der Waals surface area contributed by atoms with Crippen LogP contribution in [0, 0.1) is 0 Å². The third-order valence-electron chi connectivity index (χ3n) is 5.63. The van der Waals surface area contributed by atoms with Gasteiger partial charge in [-0.25, -0.2) is 0 Å². The predicted octanol–water partition coefficient (Wildman–Crippen LogP) is 6.17. The van der Waals surface area contributed by atoms with E-state index in [2.05, 4.69) is 11.3 Å². The van der Waals surface area contributed by atoms with E-state index >= 15 is 0 Å². The van der Waals surface area contributed by atoms with E-state index in [1.165, 1.54) is 6.92 Å². The first-order valence-electron chi connectivity index (χ1n) is 11.1. The number of esters is 1. The molecule has 0 amide bonds. The molecule has 0 aliphatic rings. The van der Waals surface area contributed by atoms with Crippen LogP contribution in [0.4, 0.5) is 0 Å². The zero-order chi connectivity index (χ0) is 26.5. The number of phenolic OH excluding ortho intramolecular Hbond substituents is 2. The summed E-state index contributed by atoms with van der Waals surface area (Å²) in [7, 11) is 0. The summed E-state index contributed by atoms with van der Waals surface area (Å²) in [6, 6.07) is 10.9. The molecule has 0 aliphatic heterocycles. The molecule has 0 unspecified atom stereocenters. The highest BCUT2D eigenvalue weighted by molar-refractivity contribution is 5.72. The maximum Gasteiger partial charge on any atom is 0.307 e. The summed E-state index contributed by atoms with van der Waals surface area (Å²) < 4.78 is 4.17. The number of para-hydroxylation sites is 2. The number of hydrogen-bond acceptors (Lipinski definition) is 5. The van der Waals surface area contributed by atoms with Gasteiger partial charge in [0.05, 0.1) is 12.7 Å². The van der Waals surface area contributed by atoms with Crippen LogP contribution >= 0.6 is 0 Å². The Kier molecular flexibility index (Phi) is 9.10. The SMILES string of the molecule is C=COC(C)=O.CC(C)(C)c1cccc(C(C)(CC(=O)O)c2cccc(C(C)(C)C)c2O)c1O. The summed E-state index contributed by atoms with van der Waals surface area (Å²) in [5.74, 6) is -1.16. The van der Waals surface area contributed by atoms with Crippen molar-refractivity contribution in [1.29, 1.82) is 0 Å². The topological polar surface area (TPSA) is 104 Å². The Morgan fingerprint density at radius 2 is 1.18 bits per heavy atom. The first-order chi connectivity index (χ1) is 15.5. The third-order valence-corrected chi connectivity index (χ3v) is 5.63. The average molecular weight is 471 g/mol. The highest BCUT2D eigenvalue weighted by atomic mass is 16.5. The second-order valence-electron chi connectivity index (χ2n) is 10.6. The van der Waals surface area contributed by atoms with Gasteiger partial charge in [0.25, 0.3) is 0 Å². The van der Waals surface area contributed by atoms with Crippen molar-refractivity contribution in [2.45, 2.75) is 78.1 Å². The molecular formula is C28H38O6. The Labute approximate surface area is 202 Å². The minimum absolute atomic E-state index is 0.0827. The van der Waals surface area contributed by atoms with Crippen LogP contribution < -0.4 is 0 Å². The second kappa shape index (κ2) is 10.8. The van der Waals surface area contributed by atoms with Crippen molar-refractivity contribution < 1.29 is 29.6 Å². The fraction of sp³-hybridized carbons (Fsp3) is 0.429. The lowest BCUT2D eigenvalue weighted by molar-refractivity contribution is -0.138. The molecule has 2 aromatic rings. The van der Waals surface area contributed by atoms with Gasteiger partial charge >= 0.3 is 11.9 Å². The van der Waals surface area contributed by atoms with Gasteiger partial charge in [-0.2, -0.15) is 0 Å². The Morgan fingerprint density at radius 3 is 1.41 bits per heavy atom. The summed E-state index contributed by atoms with van der Waals surface area (Å²) >= 11 is 0. The van der Waals surface area contributed by atoms with Crippen LogP contribution in [0.3, 0.4) is 0 Å². The van der Waals surface area contributed by atoms with Gasteiger partial charge in [-0.15, -0.1) is 0 Å². The van der Waals surface area contributed by atoms with E-state index in [1.54, 1.807) is 19.1 Å². The van der Waals surface area contributed by atoms with E-state index in [1.807, 2.05) is 65.8 Å². The van der Waals surface area contributed by atoms with Crippen LogP contribution in [-0.2, 0) is 30.6 Å². The molecule has 0 aromatic heterocycles. The number of hydrogen-bond donors (Lipinski definition) is 3. The van der Waals surface area contributed by atoms with Crippen molar-refractivity contribution in [2.75, 3.05) is 0 Å². The summed E-state index contributed by atoms with van der Waals surface area (Å²) in [6.07, 6.45) is 0.845. The number of carboxylic acid groups (broad SMARTS) is 1. The molecule has 34 heavy (non-hydrogen) atoms. The molecule has 0 spiro atoms. The van der Waals surface area contributed by atoms with Gasteiger partial charge in [0.15, 0.2) is 0 Å². The van der Waals surface area contributed by atoms with Crippen LogP contribution in [0.15, 0.2) is 49.2 Å².